The summed E-state index contributed by atoms with van der Waals surface area (Å²) in [5.74, 6) is 0. The molecule has 0 aromatic rings. The van der Waals surface area contributed by atoms with Gasteiger partial charge in [0.1, 0.15) is 0 Å². The fourth-order valence-electron chi connectivity index (χ4n) is 0.754. The number of rotatable bonds is 6. The minimum absolute atomic E-state index is 0.733. The first-order chi connectivity index (χ1) is 5.85. The zero-order chi connectivity index (χ0) is 9.23. The van der Waals surface area contributed by atoms with Gasteiger partial charge in [-0.05, 0) is 26.5 Å². The van der Waals surface area contributed by atoms with Gasteiger partial charge < -0.3 is 8.85 Å². The summed E-state index contributed by atoms with van der Waals surface area (Å²) >= 11 is 0. The van der Waals surface area contributed by atoms with Crippen LogP contribution in [0, 0.1) is 0 Å². The van der Waals surface area contributed by atoms with Gasteiger partial charge in [0.05, 0.1) is 0 Å². The van der Waals surface area contributed by atoms with Crippen LogP contribution in [0.4, 0.5) is 0 Å². The smallest absolute Gasteiger partial charge is 0.348 e. The molecule has 0 aromatic carbocycles. The van der Waals surface area contributed by atoms with Gasteiger partial charge in [-0.3, -0.25) is 0 Å². The Bertz CT molecular complexity index is 137. The maximum absolute atomic E-state index is 5.42. The fraction of sp³-hybridized carbons (Fsp3) is 0.556. The van der Waals surface area contributed by atoms with E-state index in [0.717, 1.165) is 13.2 Å². The first-order valence-corrected chi connectivity index (χ1v) is 5.98. The average molecular weight is 186 g/mol. The molecule has 0 aliphatic carbocycles. The zero-order valence-corrected chi connectivity index (χ0v) is 9.27. The van der Waals surface area contributed by atoms with E-state index in [9.17, 15) is 0 Å². The van der Waals surface area contributed by atoms with Crippen molar-refractivity contribution in [1.29, 1.82) is 0 Å². The maximum atomic E-state index is 5.42. The van der Waals surface area contributed by atoms with E-state index in [2.05, 4.69) is 0 Å². The number of hydrogen-bond acceptors (Lipinski definition) is 2. The van der Waals surface area contributed by atoms with Crippen molar-refractivity contribution in [3.63, 3.8) is 0 Å². The number of allylic oxidation sites excluding steroid dienone is 3. The third-order valence-electron chi connectivity index (χ3n) is 1.23. The standard InChI is InChI=1S/C9H18O2Si/c1-4-7-8-9-12(10-5-2)11-6-3/h4,7-9,12H,5-6H2,1-3H3/b7-4+,9-8+. The van der Waals surface area contributed by atoms with Gasteiger partial charge in [0.25, 0.3) is 0 Å². The molecule has 0 saturated heterocycles. The van der Waals surface area contributed by atoms with E-state index in [1.165, 1.54) is 0 Å². The van der Waals surface area contributed by atoms with Gasteiger partial charge in [0.2, 0.25) is 0 Å². The van der Waals surface area contributed by atoms with Crippen LogP contribution in [0.15, 0.2) is 23.9 Å². The van der Waals surface area contributed by atoms with Crippen molar-refractivity contribution in [1.82, 2.24) is 0 Å². The molecule has 0 rings (SSSR count). The van der Waals surface area contributed by atoms with E-state index in [-0.39, 0.29) is 0 Å². The van der Waals surface area contributed by atoms with Crippen LogP contribution in [-0.4, -0.2) is 22.5 Å². The monoisotopic (exact) mass is 186 g/mol. The maximum Gasteiger partial charge on any atom is 0.348 e. The van der Waals surface area contributed by atoms with Gasteiger partial charge in [0, 0.05) is 13.2 Å². The second-order valence-electron chi connectivity index (χ2n) is 2.19. The second kappa shape index (κ2) is 8.71. The van der Waals surface area contributed by atoms with Gasteiger partial charge in [-0.15, -0.1) is 0 Å². The van der Waals surface area contributed by atoms with Gasteiger partial charge in [-0.2, -0.15) is 0 Å². The topological polar surface area (TPSA) is 18.5 Å². The Kier molecular flexibility index (Phi) is 8.43. The molecular weight excluding hydrogens is 168 g/mol. The van der Waals surface area contributed by atoms with Gasteiger partial charge in [-0.25, -0.2) is 0 Å². The summed E-state index contributed by atoms with van der Waals surface area (Å²) in [4.78, 5) is 0. The summed E-state index contributed by atoms with van der Waals surface area (Å²) in [7, 11) is -1.50. The predicted octanol–water partition coefficient (Wildman–Crippen LogP) is 1.95. The third kappa shape index (κ3) is 6.33. The van der Waals surface area contributed by atoms with E-state index in [1.54, 1.807) is 0 Å². The Morgan fingerprint density at radius 3 is 2.08 bits per heavy atom. The normalized spacial score (nSPS) is 12.3. The van der Waals surface area contributed by atoms with E-state index < -0.39 is 9.28 Å². The lowest BCUT2D eigenvalue weighted by atomic mass is 10.5. The van der Waals surface area contributed by atoms with Crippen LogP contribution in [0.5, 0.6) is 0 Å². The Hall–Kier alpha value is -0.383. The Morgan fingerprint density at radius 1 is 1.08 bits per heavy atom. The molecule has 0 saturated carbocycles. The lowest BCUT2D eigenvalue weighted by Crippen LogP contribution is -2.20. The van der Waals surface area contributed by atoms with Crippen molar-refractivity contribution < 1.29 is 8.85 Å². The molecule has 0 atom stereocenters. The molecule has 0 bridgehead atoms. The van der Waals surface area contributed by atoms with Gasteiger partial charge in [0.15, 0.2) is 0 Å². The van der Waals surface area contributed by atoms with Crippen LogP contribution in [0.3, 0.4) is 0 Å². The van der Waals surface area contributed by atoms with Crippen LogP contribution in [-0.2, 0) is 8.85 Å². The van der Waals surface area contributed by atoms with Crippen LogP contribution in [0.1, 0.15) is 20.8 Å². The zero-order valence-electron chi connectivity index (χ0n) is 8.12. The van der Waals surface area contributed by atoms with Crippen LogP contribution >= 0.6 is 0 Å². The molecule has 0 aliphatic rings. The Morgan fingerprint density at radius 2 is 1.67 bits per heavy atom. The molecular formula is C9H18O2Si. The summed E-state index contributed by atoms with van der Waals surface area (Å²) in [6, 6.07) is 0. The highest BCUT2D eigenvalue weighted by molar-refractivity contribution is 6.50. The lowest BCUT2D eigenvalue weighted by molar-refractivity contribution is 0.224. The highest BCUT2D eigenvalue weighted by Gasteiger charge is 2.04. The molecule has 3 heteroatoms. The molecule has 0 radical (unpaired) electrons. The molecule has 0 spiro atoms. The van der Waals surface area contributed by atoms with E-state index in [0.29, 0.717) is 0 Å². The SMILES string of the molecule is C/C=C/C=C/[SiH](OCC)OCC. The van der Waals surface area contributed by atoms with Crippen LogP contribution in [0.2, 0.25) is 0 Å². The molecule has 0 aliphatic heterocycles. The minimum atomic E-state index is -1.50. The Labute approximate surface area is 76.7 Å². The third-order valence-corrected chi connectivity index (χ3v) is 3.09. The number of hydrogen-bond donors (Lipinski definition) is 0. The van der Waals surface area contributed by atoms with E-state index in [1.807, 2.05) is 44.7 Å². The van der Waals surface area contributed by atoms with Crippen molar-refractivity contribution in [3.8, 4) is 0 Å². The van der Waals surface area contributed by atoms with Crippen molar-refractivity contribution in [3.05, 3.63) is 23.9 Å². The molecule has 0 heterocycles. The summed E-state index contributed by atoms with van der Waals surface area (Å²) in [6.07, 6.45) is 5.96. The molecule has 0 unspecified atom stereocenters. The molecule has 70 valence electrons. The lowest BCUT2D eigenvalue weighted by Gasteiger charge is -2.09. The molecule has 0 N–H and O–H groups in total. The predicted molar refractivity (Wildman–Crippen MR) is 54.4 cm³/mol. The van der Waals surface area contributed by atoms with Crippen LogP contribution in [0.25, 0.3) is 0 Å². The average Bonchev–Trinajstić information content (AvgIpc) is 2.06. The van der Waals surface area contributed by atoms with E-state index in [4.69, 9.17) is 8.85 Å². The Balaban J connectivity index is 3.75. The summed E-state index contributed by atoms with van der Waals surface area (Å²) in [6.45, 7) is 7.43. The van der Waals surface area contributed by atoms with Crippen molar-refractivity contribution in [2.45, 2.75) is 20.8 Å². The first-order valence-electron chi connectivity index (χ1n) is 4.37. The van der Waals surface area contributed by atoms with Crippen molar-refractivity contribution >= 4 is 9.28 Å². The van der Waals surface area contributed by atoms with Gasteiger partial charge >= 0.3 is 9.28 Å². The van der Waals surface area contributed by atoms with Crippen molar-refractivity contribution in [2.75, 3.05) is 13.2 Å². The molecule has 12 heavy (non-hydrogen) atoms. The highest BCUT2D eigenvalue weighted by Crippen LogP contribution is 1.92. The second-order valence-corrected chi connectivity index (χ2v) is 3.98. The van der Waals surface area contributed by atoms with Crippen LogP contribution < -0.4 is 0 Å². The molecule has 0 amide bonds. The highest BCUT2D eigenvalue weighted by atomic mass is 28.3. The van der Waals surface area contributed by atoms with E-state index >= 15 is 0 Å². The first kappa shape index (κ1) is 11.6. The summed E-state index contributed by atoms with van der Waals surface area (Å²) < 4.78 is 10.8. The van der Waals surface area contributed by atoms with Gasteiger partial charge in [-0.1, -0.05) is 18.2 Å². The van der Waals surface area contributed by atoms with Crippen molar-refractivity contribution in [2.24, 2.45) is 0 Å². The molecule has 2 nitrogen and oxygen atoms in total. The fourth-order valence-corrected chi connectivity index (χ4v) is 2.04. The minimum Gasteiger partial charge on any atom is -0.394 e. The summed E-state index contributed by atoms with van der Waals surface area (Å²) in [5, 5.41) is 0. The largest absolute Gasteiger partial charge is 0.394 e. The summed E-state index contributed by atoms with van der Waals surface area (Å²) in [5.41, 5.74) is 2.03. The quantitative estimate of drug-likeness (QED) is 0.466. The molecule has 0 fully saturated rings. The molecule has 0 aromatic heterocycles.